The Labute approximate surface area is 111 Å². The van der Waals surface area contributed by atoms with Gasteiger partial charge in [-0.2, -0.15) is 0 Å². The minimum Gasteiger partial charge on any atom is -0.350 e. The SMILES string of the molecule is NNc1ccc(C(=O)NCCc2cccnc2)nc1. The smallest absolute Gasteiger partial charge is 0.269 e. The molecule has 0 fully saturated rings. The number of carbonyl (C=O) groups is 1. The Balaban J connectivity index is 1.84. The molecule has 0 radical (unpaired) electrons. The summed E-state index contributed by atoms with van der Waals surface area (Å²) in [6.07, 6.45) is 5.75. The molecule has 0 saturated heterocycles. The average Bonchev–Trinajstić information content (AvgIpc) is 2.48. The zero-order valence-corrected chi connectivity index (χ0v) is 10.3. The third-order valence-corrected chi connectivity index (χ3v) is 2.58. The Bertz CT molecular complexity index is 526. The summed E-state index contributed by atoms with van der Waals surface area (Å²) in [6, 6.07) is 7.16. The number of pyridine rings is 2. The molecule has 0 unspecified atom stereocenters. The van der Waals surface area contributed by atoms with Crippen molar-refractivity contribution in [2.75, 3.05) is 12.0 Å². The lowest BCUT2D eigenvalue weighted by atomic mass is 10.2. The first-order chi connectivity index (χ1) is 9.29. The van der Waals surface area contributed by atoms with E-state index < -0.39 is 0 Å². The molecular formula is C13H15N5O. The van der Waals surface area contributed by atoms with Crippen molar-refractivity contribution in [1.82, 2.24) is 15.3 Å². The molecule has 0 aliphatic heterocycles. The zero-order chi connectivity index (χ0) is 13.5. The molecule has 6 heteroatoms. The minimum absolute atomic E-state index is 0.201. The Morgan fingerprint density at radius 2 is 2.16 bits per heavy atom. The fraction of sp³-hybridized carbons (Fsp3) is 0.154. The predicted molar refractivity (Wildman–Crippen MR) is 72.3 cm³/mol. The van der Waals surface area contributed by atoms with E-state index in [9.17, 15) is 4.79 Å². The fourth-order valence-electron chi connectivity index (χ4n) is 1.57. The van der Waals surface area contributed by atoms with E-state index in [-0.39, 0.29) is 5.91 Å². The van der Waals surface area contributed by atoms with E-state index in [1.165, 1.54) is 6.20 Å². The molecule has 0 bridgehead atoms. The van der Waals surface area contributed by atoms with Crippen molar-refractivity contribution < 1.29 is 4.79 Å². The van der Waals surface area contributed by atoms with Crippen LogP contribution in [0.3, 0.4) is 0 Å². The van der Waals surface area contributed by atoms with Crippen LogP contribution in [0.5, 0.6) is 0 Å². The number of nitrogens with two attached hydrogens (primary N) is 1. The van der Waals surface area contributed by atoms with Crippen LogP contribution in [0.1, 0.15) is 16.1 Å². The Hall–Kier alpha value is -2.47. The molecule has 19 heavy (non-hydrogen) atoms. The molecule has 98 valence electrons. The number of hydrazine groups is 1. The summed E-state index contributed by atoms with van der Waals surface area (Å²) in [6.45, 7) is 0.545. The lowest BCUT2D eigenvalue weighted by Gasteiger charge is -2.05. The molecule has 0 spiro atoms. The summed E-state index contributed by atoms with van der Waals surface area (Å²) in [5, 5.41) is 2.80. The lowest BCUT2D eigenvalue weighted by Crippen LogP contribution is -2.26. The van der Waals surface area contributed by atoms with E-state index in [0.29, 0.717) is 17.9 Å². The molecule has 6 nitrogen and oxygen atoms in total. The van der Waals surface area contributed by atoms with Gasteiger partial charge in [0.2, 0.25) is 0 Å². The third-order valence-electron chi connectivity index (χ3n) is 2.58. The van der Waals surface area contributed by atoms with Gasteiger partial charge in [-0.15, -0.1) is 0 Å². The second-order valence-corrected chi connectivity index (χ2v) is 3.94. The van der Waals surface area contributed by atoms with E-state index in [1.807, 2.05) is 12.1 Å². The van der Waals surface area contributed by atoms with Crippen LogP contribution in [0.4, 0.5) is 5.69 Å². The first-order valence-corrected chi connectivity index (χ1v) is 5.89. The van der Waals surface area contributed by atoms with Gasteiger partial charge in [0.1, 0.15) is 5.69 Å². The van der Waals surface area contributed by atoms with Gasteiger partial charge in [-0.3, -0.25) is 15.6 Å². The first kappa shape index (κ1) is 13.0. The normalized spacial score (nSPS) is 9.95. The van der Waals surface area contributed by atoms with E-state index in [4.69, 9.17) is 5.84 Å². The maximum absolute atomic E-state index is 11.8. The quantitative estimate of drug-likeness (QED) is 0.542. The number of nitrogens with one attached hydrogen (secondary N) is 2. The van der Waals surface area contributed by atoms with Crippen molar-refractivity contribution >= 4 is 11.6 Å². The van der Waals surface area contributed by atoms with Gasteiger partial charge in [0.05, 0.1) is 11.9 Å². The van der Waals surface area contributed by atoms with E-state index >= 15 is 0 Å². The number of amides is 1. The summed E-state index contributed by atoms with van der Waals surface area (Å²) in [7, 11) is 0. The number of nitrogen functional groups attached to an aromatic ring is 1. The van der Waals surface area contributed by atoms with E-state index in [2.05, 4.69) is 20.7 Å². The maximum atomic E-state index is 11.8. The predicted octanol–water partition coefficient (Wildman–Crippen LogP) is 0.735. The lowest BCUT2D eigenvalue weighted by molar-refractivity contribution is 0.0949. The van der Waals surface area contributed by atoms with Crippen LogP contribution < -0.4 is 16.6 Å². The molecule has 0 aliphatic rings. The van der Waals surface area contributed by atoms with Crippen LogP contribution in [0.2, 0.25) is 0 Å². The highest BCUT2D eigenvalue weighted by molar-refractivity contribution is 5.92. The van der Waals surface area contributed by atoms with Gasteiger partial charge in [-0.1, -0.05) is 6.07 Å². The van der Waals surface area contributed by atoms with Crippen molar-refractivity contribution in [3.8, 4) is 0 Å². The van der Waals surface area contributed by atoms with Crippen LogP contribution >= 0.6 is 0 Å². The van der Waals surface area contributed by atoms with Crippen LogP contribution in [0.15, 0.2) is 42.9 Å². The number of carbonyl (C=O) groups excluding carboxylic acids is 1. The Morgan fingerprint density at radius 1 is 1.26 bits per heavy atom. The zero-order valence-electron chi connectivity index (χ0n) is 10.3. The minimum atomic E-state index is -0.201. The van der Waals surface area contributed by atoms with E-state index in [1.54, 1.807) is 24.5 Å². The van der Waals surface area contributed by atoms with Crippen molar-refractivity contribution in [3.05, 3.63) is 54.1 Å². The maximum Gasteiger partial charge on any atom is 0.269 e. The molecule has 0 aromatic carbocycles. The van der Waals surface area contributed by atoms with Gasteiger partial charge >= 0.3 is 0 Å². The highest BCUT2D eigenvalue weighted by Crippen LogP contribution is 2.04. The Kier molecular flexibility index (Phi) is 4.41. The van der Waals surface area contributed by atoms with Crippen LogP contribution in [0, 0.1) is 0 Å². The molecule has 2 heterocycles. The average molecular weight is 257 g/mol. The van der Waals surface area contributed by atoms with Gasteiger partial charge in [0.15, 0.2) is 0 Å². The van der Waals surface area contributed by atoms with Gasteiger partial charge in [-0.25, -0.2) is 4.98 Å². The number of hydrogen-bond donors (Lipinski definition) is 3. The van der Waals surface area contributed by atoms with Crippen LogP contribution in [-0.4, -0.2) is 22.4 Å². The highest BCUT2D eigenvalue weighted by atomic mass is 16.1. The fourth-order valence-corrected chi connectivity index (χ4v) is 1.57. The topological polar surface area (TPSA) is 92.9 Å². The summed E-state index contributed by atoms with van der Waals surface area (Å²) >= 11 is 0. The van der Waals surface area contributed by atoms with Gasteiger partial charge in [0, 0.05) is 18.9 Å². The van der Waals surface area contributed by atoms with Gasteiger partial charge in [-0.05, 0) is 30.2 Å². The molecule has 2 aromatic rings. The van der Waals surface area contributed by atoms with Crippen molar-refractivity contribution in [1.29, 1.82) is 0 Å². The van der Waals surface area contributed by atoms with Crippen molar-refractivity contribution in [2.45, 2.75) is 6.42 Å². The summed E-state index contributed by atoms with van der Waals surface area (Å²) in [5.74, 6) is 5.02. The third kappa shape index (κ3) is 3.75. The Morgan fingerprint density at radius 3 is 2.79 bits per heavy atom. The number of aromatic nitrogens is 2. The number of anilines is 1. The molecular weight excluding hydrogens is 242 g/mol. The molecule has 2 aromatic heterocycles. The number of rotatable bonds is 5. The summed E-state index contributed by atoms with van der Waals surface area (Å²) in [4.78, 5) is 19.8. The monoisotopic (exact) mass is 257 g/mol. The molecule has 0 aliphatic carbocycles. The van der Waals surface area contributed by atoms with Gasteiger partial charge < -0.3 is 10.7 Å². The molecule has 1 amide bonds. The molecule has 0 atom stereocenters. The second-order valence-electron chi connectivity index (χ2n) is 3.94. The largest absolute Gasteiger partial charge is 0.350 e. The molecule has 4 N–H and O–H groups in total. The molecule has 2 rings (SSSR count). The van der Waals surface area contributed by atoms with E-state index in [0.717, 1.165) is 12.0 Å². The van der Waals surface area contributed by atoms with Gasteiger partial charge in [0.25, 0.3) is 5.91 Å². The van der Waals surface area contributed by atoms with Crippen molar-refractivity contribution in [2.24, 2.45) is 5.84 Å². The number of nitrogens with zero attached hydrogens (tertiary/aromatic N) is 2. The van der Waals surface area contributed by atoms with Crippen LogP contribution in [-0.2, 0) is 6.42 Å². The van der Waals surface area contributed by atoms with Crippen LogP contribution in [0.25, 0.3) is 0 Å². The highest BCUT2D eigenvalue weighted by Gasteiger charge is 2.06. The standard InChI is InChI=1S/C13H15N5O/c14-18-11-3-4-12(17-9-11)13(19)16-7-5-10-2-1-6-15-8-10/h1-4,6,8-9,18H,5,7,14H2,(H,16,19). The summed E-state index contributed by atoms with van der Waals surface area (Å²) in [5.41, 5.74) is 4.56. The first-order valence-electron chi connectivity index (χ1n) is 5.89. The molecule has 0 saturated carbocycles. The number of hydrogen-bond acceptors (Lipinski definition) is 5. The van der Waals surface area contributed by atoms with Crippen molar-refractivity contribution in [3.63, 3.8) is 0 Å². The summed E-state index contributed by atoms with van der Waals surface area (Å²) < 4.78 is 0. The second kappa shape index (κ2) is 6.46.